The summed E-state index contributed by atoms with van der Waals surface area (Å²) in [4.78, 5) is 12.2. The quantitative estimate of drug-likeness (QED) is 0.462. The van der Waals surface area contributed by atoms with E-state index in [0.717, 1.165) is 5.56 Å². The Bertz CT molecular complexity index is 919. The van der Waals surface area contributed by atoms with E-state index in [9.17, 15) is 26.7 Å². The lowest BCUT2D eigenvalue weighted by atomic mass is 10.1. The molecule has 0 aromatic heterocycles. The van der Waals surface area contributed by atoms with Gasteiger partial charge in [-0.2, -0.15) is 0 Å². The molecule has 28 heavy (non-hydrogen) atoms. The van der Waals surface area contributed by atoms with Crippen molar-refractivity contribution in [3.05, 3.63) is 52.3 Å². The first-order valence-electron chi connectivity index (χ1n) is 8.49. The molecule has 0 fully saturated rings. The summed E-state index contributed by atoms with van der Waals surface area (Å²) in [6, 6.07) is 3.18. The fourth-order valence-corrected chi connectivity index (χ4v) is 2.97. The Morgan fingerprint density at radius 1 is 1.11 bits per heavy atom. The highest BCUT2D eigenvalue weighted by Gasteiger charge is 2.28. The smallest absolute Gasteiger partial charge is 0.229 e. The van der Waals surface area contributed by atoms with Gasteiger partial charge in [-0.15, -0.1) is 0 Å². The van der Waals surface area contributed by atoms with Gasteiger partial charge in [0.25, 0.3) is 0 Å². The van der Waals surface area contributed by atoms with Crippen molar-refractivity contribution in [1.82, 2.24) is 0 Å². The third kappa shape index (κ3) is 3.61. The summed E-state index contributed by atoms with van der Waals surface area (Å²) in [6.45, 7) is 3.88. The molecule has 0 saturated heterocycles. The lowest BCUT2D eigenvalue weighted by Crippen LogP contribution is -2.19. The number of hydrogen-bond acceptors (Lipinski definition) is 3. The van der Waals surface area contributed by atoms with Gasteiger partial charge in [0, 0.05) is 23.6 Å². The zero-order valence-electron chi connectivity index (χ0n) is 15.0. The van der Waals surface area contributed by atoms with Gasteiger partial charge in [-0.05, 0) is 19.9 Å². The predicted molar refractivity (Wildman–Crippen MR) is 90.0 cm³/mol. The van der Waals surface area contributed by atoms with Crippen LogP contribution in [0.2, 0.25) is 0 Å². The predicted octanol–water partition coefficient (Wildman–Crippen LogP) is 4.29. The molecule has 1 atom stereocenters. The number of ether oxygens (including phenoxy) is 2. The van der Waals surface area contributed by atoms with Gasteiger partial charge in [-0.1, -0.05) is 0 Å². The lowest BCUT2D eigenvalue weighted by Gasteiger charge is -2.14. The van der Waals surface area contributed by atoms with E-state index in [4.69, 9.17) is 9.47 Å². The Balaban J connectivity index is 1.88. The molecule has 1 aliphatic rings. The summed E-state index contributed by atoms with van der Waals surface area (Å²) in [5.74, 6) is -10.7. The highest BCUT2D eigenvalue weighted by molar-refractivity contribution is 5.94. The van der Waals surface area contributed by atoms with Crippen molar-refractivity contribution in [2.45, 2.75) is 32.8 Å². The summed E-state index contributed by atoms with van der Waals surface area (Å²) in [6.07, 6.45) is -0.469. The molecule has 0 spiro atoms. The fraction of sp³-hybridized carbons (Fsp3) is 0.316. The zero-order valence-corrected chi connectivity index (χ0v) is 15.0. The van der Waals surface area contributed by atoms with Crippen molar-refractivity contribution in [2.24, 2.45) is 0 Å². The van der Waals surface area contributed by atoms with Crippen molar-refractivity contribution in [3.63, 3.8) is 0 Å². The monoisotopic (exact) mass is 401 g/mol. The largest absolute Gasteiger partial charge is 0.492 e. The number of rotatable bonds is 5. The van der Waals surface area contributed by atoms with Gasteiger partial charge < -0.3 is 14.8 Å². The van der Waals surface area contributed by atoms with Crippen LogP contribution in [0.15, 0.2) is 12.1 Å². The first kappa shape index (κ1) is 19.9. The summed E-state index contributed by atoms with van der Waals surface area (Å²) in [7, 11) is 0. The first-order valence-corrected chi connectivity index (χ1v) is 8.49. The van der Waals surface area contributed by atoms with Gasteiger partial charge in [0.2, 0.25) is 11.7 Å². The molecule has 2 aromatic rings. The molecular formula is C19H16F5NO3. The van der Waals surface area contributed by atoms with Crippen LogP contribution < -0.4 is 14.8 Å². The average Bonchev–Trinajstić information content (AvgIpc) is 3.01. The first-order chi connectivity index (χ1) is 13.2. The summed E-state index contributed by atoms with van der Waals surface area (Å²) < 4.78 is 78.3. The number of amides is 1. The van der Waals surface area contributed by atoms with Gasteiger partial charge >= 0.3 is 0 Å². The van der Waals surface area contributed by atoms with Crippen LogP contribution in [-0.4, -0.2) is 18.6 Å². The number of anilines is 1. The number of carbonyl (C=O) groups excluding carboxylic acids is 1. The molecule has 1 N–H and O–H groups in total. The van der Waals surface area contributed by atoms with E-state index in [2.05, 4.69) is 5.32 Å². The highest BCUT2D eigenvalue weighted by Crippen LogP contribution is 2.38. The van der Waals surface area contributed by atoms with E-state index in [1.165, 1.54) is 6.07 Å². The van der Waals surface area contributed by atoms with Gasteiger partial charge in [0.05, 0.1) is 18.7 Å². The molecule has 150 valence electrons. The maximum atomic E-state index is 13.8. The molecule has 1 amide bonds. The average molecular weight is 401 g/mol. The highest BCUT2D eigenvalue weighted by atomic mass is 19.2. The van der Waals surface area contributed by atoms with E-state index in [1.807, 2.05) is 6.92 Å². The Kier molecular flexibility index (Phi) is 5.44. The number of fused-ring (bicyclic) bond motifs is 1. The second kappa shape index (κ2) is 7.65. The van der Waals surface area contributed by atoms with Crippen LogP contribution in [0.1, 0.15) is 25.0 Å². The fourth-order valence-electron chi connectivity index (χ4n) is 2.97. The Morgan fingerprint density at radius 2 is 1.71 bits per heavy atom. The van der Waals surface area contributed by atoms with E-state index < -0.39 is 47.0 Å². The molecule has 0 saturated carbocycles. The van der Waals surface area contributed by atoms with Crippen molar-refractivity contribution in [3.8, 4) is 11.5 Å². The molecule has 9 heteroatoms. The SMILES string of the molecule is CCOc1cc2c(cc1NC(=O)Cc1c(F)c(F)c(F)c(F)c1F)O[C@@H](C)C2. The molecule has 2 aromatic carbocycles. The van der Waals surface area contributed by atoms with E-state index in [-0.39, 0.29) is 18.4 Å². The number of benzene rings is 2. The minimum atomic E-state index is -2.28. The number of halogens is 5. The normalized spacial score (nSPS) is 15.2. The van der Waals surface area contributed by atoms with Crippen LogP contribution >= 0.6 is 0 Å². The molecule has 0 bridgehead atoms. The van der Waals surface area contributed by atoms with E-state index in [0.29, 0.717) is 17.9 Å². The maximum absolute atomic E-state index is 13.8. The summed E-state index contributed by atoms with van der Waals surface area (Å²) in [5, 5.41) is 2.38. The van der Waals surface area contributed by atoms with Crippen LogP contribution in [-0.2, 0) is 17.6 Å². The second-order valence-electron chi connectivity index (χ2n) is 6.30. The van der Waals surface area contributed by atoms with Gasteiger partial charge in [-0.3, -0.25) is 4.79 Å². The van der Waals surface area contributed by atoms with Crippen LogP contribution in [0.4, 0.5) is 27.6 Å². The van der Waals surface area contributed by atoms with Crippen molar-refractivity contribution in [2.75, 3.05) is 11.9 Å². The molecule has 4 nitrogen and oxygen atoms in total. The van der Waals surface area contributed by atoms with Crippen LogP contribution in [0, 0.1) is 29.1 Å². The summed E-state index contributed by atoms with van der Waals surface area (Å²) in [5.41, 5.74) is -0.171. The minimum absolute atomic E-state index is 0.0659. The summed E-state index contributed by atoms with van der Waals surface area (Å²) >= 11 is 0. The standard InChI is InChI=1S/C19H16F5NO3/c1-3-27-13-5-9-4-8(2)28-12(9)7-11(13)25-14(26)6-10-15(20)17(22)19(24)18(23)16(10)21/h5,7-8H,3-4,6H2,1-2H3,(H,25,26)/t8-/m0/s1. The molecule has 1 aliphatic heterocycles. The van der Waals surface area contributed by atoms with Gasteiger partial charge in [0.1, 0.15) is 17.6 Å². The number of hydrogen-bond donors (Lipinski definition) is 1. The second-order valence-corrected chi connectivity index (χ2v) is 6.30. The Morgan fingerprint density at radius 3 is 2.32 bits per heavy atom. The van der Waals surface area contributed by atoms with Gasteiger partial charge in [-0.25, -0.2) is 22.0 Å². The van der Waals surface area contributed by atoms with Crippen LogP contribution in [0.3, 0.4) is 0 Å². The molecule has 0 unspecified atom stereocenters. The number of carbonyl (C=O) groups is 1. The third-order valence-electron chi connectivity index (χ3n) is 4.21. The minimum Gasteiger partial charge on any atom is -0.492 e. The van der Waals surface area contributed by atoms with E-state index >= 15 is 0 Å². The lowest BCUT2D eigenvalue weighted by molar-refractivity contribution is -0.115. The molecule has 0 radical (unpaired) electrons. The Labute approximate surface area is 157 Å². The molecule has 1 heterocycles. The molecule has 3 rings (SSSR count). The Hall–Kier alpha value is -2.84. The number of nitrogens with one attached hydrogen (secondary N) is 1. The van der Waals surface area contributed by atoms with Gasteiger partial charge in [0.15, 0.2) is 23.3 Å². The van der Waals surface area contributed by atoms with Crippen molar-refractivity contribution >= 4 is 11.6 Å². The van der Waals surface area contributed by atoms with Crippen molar-refractivity contribution < 1.29 is 36.2 Å². The van der Waals surface area contributed by atoms with Crippen LogP contribution in [0.25, 0.3) is 0 Å². The van der Waals surface area contributed by atoms with E-state index in [1.54, 1.807) is 13.0 Å². The van der Waals surface area contributed by atoms with Crippen LogP contribution in [0.5, 0.6) is 11.5 Å². The molecular weight excluding hydrogens is 385 g/mol. The van der Waals surface area contributed by atoms with Crippen molar-refractivity contribution in [1.29, 1.82) is 0 Å². The topological polar surface area (TPSA) is 47.6 Å². The zero-order chi connectivity index (χ0) is 20.6. The maximum Gasteiger partial charge on any atom is 0.229 e. The third-order valence-corrected chi connectivity index (χ3v) is 4.21. The molecule has 0 aliphatic carbocycles.